The molecule has 0 unspecified atom stereocenters. The Kier molecular flexibility index (Phi) is 2.62. The number of phenolic OH excluding ortho intramolecular Hbond substituents is 1. The van der Waals surface area contributed by atoms with E-state index in [0.29, 0.717) is 5.75 Å². The molecule has 2 N–H and O–H groups in total. The van der Waals surface area contributed by atoms with Gasteiger partial charge in [0.05, 0.1) is 0 Å². The average molecular weight is 231 g/mol. The van der Waals surface area contributed by atoms with Crippen LogP contribution in [0.2, 0.25) is 0 Å². The highest BCUT2D eigenvalue weighted by molar-refractivity contribution is 5.33. The topological polar surface area (TPSA) is 32.3 Å². The summed E-state index contributed by atoms with van der Waals surface area (Å²) in [7, 11) is 0. The van der Waals surface area contributed by atoms with E-state index in [1.807, 2.05) is 12.1 Å². The zero-order valence-electron chi connectivity index (χ0n) is 10.4. The summed E-state index contributed by atoms with van der Waals surface area (Å²) in [6.07, 6.45) is 5.43. The largest absolute Gasteiger partial charge is 0.508 e. The third-order valence-corrected chi connectivity index (χ3v) is 4.72. The molecule has 0 radical (unpaired) electrons. The number of hydrogen-bond acceptors (Lipinski definition) is 2. The number of benzene rings is 1. The minimum atomic E-state index is 0.186. The molecule has 2 aliphatic carbocycles. The molecule has 2 fully saturated rings. The standard InChI is InChI=1S/C15H21NO/c1-2-16-15(10-11-3-4-13(15)9-11)12-5-7-14(17)8-6-12/h5-8,11,13,16-17H,2-4,9-10H2,1H3/t11-,13+,15-/m1/s1. The fourth-order valence-electron chi connectivity index (χ4n) is 4.08. The summed E-state index contributed by atoms with van der Waals surface area (Å²) >= 11 is 0. The van der Waals surface area contributed by atoms with E-state index < -0.39 is 0 Å². The molecule has 3 atom stereocenters. The maximum Gasteiger partial charge on any atom is 0.115 e. The van der Waals surface area contributed by atoms with Crippen molar-refractivity contribution in [3.63, 3.8) is 0 Å². The van der Waals surface area contributed by atoms with Crippen LogP contribution in [0.5, 0.6) is 5.75 Å². The first kappa shape index (κ1) is 11.1. The van der Waals surface area contributed by atoms with Crippen LogP contribution in [0.15, 0.2) is 24.3 Å². The van der Waals surface area contributed by atoms with Crippen molar-refractivity contribution in [1.29, 1.82) is 0 Å². The van der Waals surface area contributed by atoms with E-state index in [0.717, 1.165) is 18.4 Å². The Balaban J connectivity index is 1.97. The SMILES string of the molecule is CCN[C@@]1(c2ccc(O)cc2)C[C@@H]2CC[C@H]1C2. The van der Waals surface area contributed by atoms with E-state index in [4.69, 9.17) is 0 Å². The maximum absolute atomic E-state index is 9.42. The van der Waals surface area contributed by atoms with Crippen LogP contribution >= 0.6 is 0 Å². The number of fused-ring (bicyclic) bond motifs is 2. The minimum absolute atomic E-state index is 0.186. The summed E-state index contributed by atoms with van der Waals surface area (Å²) in [5.74, 6) is 2.06. The van der Waals surface area contributed by atoms with Crippen molar-refractivity contribution in [2.24, 2.45) is 11.8 Å². The van der Waals surface area contributed by atoms with Crippen molar-refractivity contribution >= 4 is 0 Å². The molecule has 0 spiro atoms. The van der Waals surface area contributed by atoms with E-state index in [-0.39, 0.29) is 5.54 Å². The Hall–Kier alpha value is -1.02. The fraction of sp³-hybridized carbons (Fsp3) is 0.600. The predicted molar refractivity (Wildman–Crippen MR) is 68.9 cm³/mol. The van der Waals surface area contributed by atoms with Crippen LogP contribution in [-0.4, -0.2) is 11.7 Å². The molecule has 2 nitrogen and oxygen atoms in total. The van der Waals surface area contributed by atoms with Crippen molar-refractivity contribution in [3.8, 4) is 5.75 Å². The van der Waals surface area contributed by atoms with Gasteiger partial charge >= 0.3 is 0 Å². The van der Waals surface area contributed by atoms with Gasteiger partial charge in [-0.3, -0.25) is 0 Å². The van der Waals surface area contributed by atoms with Crippen molar-refractivity contribution in [3.05, 3.63) is 29.8 Å². The molecule has 0 aromatic heterocycles. The van der Waals surface area contributed by atoms with Gasteiger partial charge in [0.15, 0.2) is 0 Å². The molecule has 0 amide bonds. The highest BCUT2D eigenvalue weighted by Gasteiger charge is 2.51. The first-order chi connectivity index (χ1) is 8.24. The molecule has 1 aromatic carbocycles. The van der Waals surface area contributed by atoms with Crippen LogP contribution in [0.25, 0.3) is 0 Å². The lowest BCUT2D eigenvalue weighted by Gasteiger charge is -2.39. The molecule has 1 aromatic rings. The van der Waals surface area contributed by atoms with Crippen LogP contribution in [0.3, 0.4) is 0 Å². The third-order valence-electron chi connectivity index (χ3n) is 4.72. The van der Waals surface area contributed by atoms with Crippen molar-refractivity contribution in [2.45, 2.75) is 38.1 Å². The summed E-state index contributed by atoms with van der Waals surface area (Å²) in [5, 5.41) is 13.2. The fourth-order valence-corrected chi connectivity index (χ4v) is 4.08. The van der Waals surface area contributed by atoms with Crippen LogP contribution < -0.4 is 5.32 Å². The zero-order chi connectivity index (χ0) is 11.9. The molecule has 3 rings (SSSR count). The lowest BCUT2D eigenvalue weighted by molar-refractivity contribution is 0.214. The van der Waals surface area contributed by atoms with Gasteiger partial charge in [-0.25, -0.2) is 0 Å². The zero-order valence-corrected chi connectivity index (χ0v) is 10.4. The van der Waals surface area contributed by atoms with Crippen LogP contribution in [-0.2, 0) is 5.54 Å². The minimum Gasteiger partial charge on any atom is -0.508 e. The summed E-state index contributed by atoms with van der Waals surface area (Å²) in [6.45, 7) is 3.21. The van der Waals surface area contributed by atoms with Crippen LogP contribution in [0.1, 0.15) is 38.2 Å². The monoisotopic (exact) mass is 231 g/mol. The van der Waals surface area contributed by atoms with E-state index >= 15 is 0 Å². The Bertz CT molecular complexity index is 400. The molecule has 2 saturated carbocycles. The molecule has 2 heteroatoms. The lowest BCUT2D eigenvalue weighted by Crippen LogP contribution is -2.46. The van der Waals surface area contributed by atoms with E-state index in [1.54, 1.807) is 0 Å². The second-order valence-electron chi connectivity index (χ2n) is 5.63. The van der Waals surface area contributed by atoms with Gasteiger partial charge in [-0.2, -0.15) is 0 Å². The molecule has 2 bridgehead atoms. The maximum atomic E-state index is 9.42. The molecule has 17 heavy (non-hydrogen) atoms. The van der Waals surface area contributed by atoms with E-state index in [9.17, 15) is 5.11 Å². The van der Waals surface area contributed by atoms with E-state index in [2.05, 4.69) is 24.4 Å². The smallest absolute Gasteiger partial charge is 0.115 e. The van der Waals surface area contributed by atoms with Crippen molar-refractivity contribution in [1.82, 2.24) is 5.32 Å². The summed E-state index contributed by atoms with van der Waals surface area (Å²) in [5.41, 5.74) is 1.55. The van der Waals surface area contributed by atoms with Gasteiger partial charge in [0.2, 0.25) is 0 Å². The van der Waals surface area contributed by atoms with Gasteiger partial charge in [0, 0.05) is 5.54 Å². The van der Waals surface area contributed by atoms with Gasteiger partial charge in [-0.15, -0.1) is 0 Å². The van der Waals surface area contributed by atoms with Gasteiger partial charge < -0.3 is 10.4 Å². The average Bonchev–Trinajstić information content (AvgIpc) is 2.91. The number of phenols is 1. The summed E-state index contributed by atoms with van der Waals surface area (Å²) in [4.78, 5) is 0. The lowest BCUT2D eigenvalue weighted by atomic mass is 9.75. The second-order valence-corrected chi connectivity index (χ2v) is 5.63. The van der Waals surface area contributed by atoms with Gasteiger partial charge in [-0.05, 0) is 55.3 Å². The number of nitrogens with one attached hydrogen (secondary N) is 1. The first-order valence-electron chi connectivity index (χ1n) is 6.79. The van der Waals surface area contributed by atoms with Crippen LogP contribution in [0.4, 0.5) is 0 Å². The van der Waals surface area contributed by atoms with Crippen molar-refractivity contribution < 1.29 is 5.11 Å². The number of aromatic hydroxyl groups is 1. The molecular weight excluding hydrogens is 210 g/mol. The highest BCUT2D eigenvalue weighted by atomic mass is 16.3. The number of hydrogen-bond donors (Lipinski definition) is 2. The molecule has 0 aliphatic heterocycles. The molecular formula is C15H21NO. The van der Waals surface area contributed by atoms with Gasteiger partial charge in [-0.1, -0.05) is 25.5 Å². The van der Waals surface area contributed by atoms with Crippen LogP contribution in [0, 0.1) is 11.8 Å². The Morgan fingerprint density at radius 3 is 2.59 bits per heavy atom. The third kappa shape index (κ3) is 1.66. The molecule has 92 valence electrons. The quantitative estimate of drug-likeness (QED) is 0.838. The summed E-state index contributed by atoms with van der Waals surface area (Å²) in [6, 6.07) is 7.83. The normalized spacial score (nSPS) is 35.4. The molecule has 0 heterocycles. The van der Waals surface area contributed by atoms with Gasteiger partial charge in [0.25, 0.3) is 0 Å². The Morgan fingerprint density at radius 2 is 2.06 bits per heavy atom. The predicted octanol–water partition coefficient (Wildman–Crippen LogP) is 3.02. The first-order valence-corrected chi connectivity index (χ1v) is 6.79. The van der Waals surface area contributed by atoms with E-state index in [1.165, 1.54) is 31.2 Å². The highest BCUT2D eigenvalue weighted by Crippen LogP contribution is 2.55. The van der Waals surface area contributed by atoms with Gasteiger partial charge in [0.1, 0.15) is 5.75 Å². The number of rotatable bonds is 3. The Labute approximate surface area is 103 Å². The Morgan fingerprint density at radius 1 is 1.29 bits per heavy atom. The van der Waals surface area contributed by atoms with Crippen molar-refractivity contribution in [2.75, 3.05) is 6.54 Å². The molecule has 2 aliphatic rings. The molecule has 0 saturated heterocycles. The second kappa shape index (κ2) is 4.02. The summed E-state index contributed by atoms with van der Waals surface area (Å²) < 4.78 is 0.